The molecule has 6 heteroatoms. The molecule has 140 valence electrons. The minimum atomic E-state index is -0.464. The van der Waals surface area contributed by atoms with E-state index in [4.69, 9.17) is 16.3 Å². The van der Waals surface area contributed by atoms with E-state index in [9.17, 15) is 9.59 Å². The number of aldehydes is 1. The number of hydrogen-bond donors (Lipinski definition) is 1. The van der Waals surface area contributed by atoms with Gasteiger partial charge in [0.25, 0.3) is 0 Å². The van der Waals surface area contributed by atoms with E-state index in [1.165, 1.54) is 43.3 Å². The van der Waals surface area contributed by atoms with E-state index in [0.29, 0.717) is 21.4 Å². The van der Waals surface area contributed by atoms with Gasteiger partial charge in [0.15, 0.2) is 6.29 Å². The number of nitrogens with one attached hydrogen (secondary N) is 1. The molecule has 1 aromatic carbocycles. The highest BCUT2D eigenvalue weighted by Gasteiger charge is 2.29. The van der Waals surface area contributed by atoms with Crippen molar-refractivity contribution in [2.24, 2.45) is 0 Å². The van der Waals surface area contributed by atoms with E-state index in [2.05, 4.69) is 4.98 Å². The summed E-state index contributed by atoms with van der Waals surface area (Å²) in [5.41, 5.74) is 4.41. The Labute approximate surface area is 166 Å². The molecule has 0 aliphatic heterocycles. The molecule has 4 rings (SSSR count). The van der Waals surface area contributed by atoms with Crippen molar-refractivity contribution in [1.29, 1.82) is 0 Å². The van der Waals surface area contributed by atoms with Crippen molar-refractivity contribution in [1.82, 2.24) is 4.98 Å². The van der Waals surface area contributed by atoms with Gasteiger partial charge in [-0.05, 0) is 42.0 Å². The Kier molecular flexibility index (Phi) is 5.06. The van der Waals surface area contributed by atoms with Gasteiger partial charge in [0, 0.05) is 5.02 Å². The molecule has 1 N–H and O–H groups in total. The smallest absolute Gasteiger partial charge is 0.348 e. The minimum Gasteiger partial charge on any atom is -0.465 e. The van der Waals surface area contributed by atoms with Crippen molar-refractivity contribution in [2.75, 3.05) is 7.11 Å². The highest BCUT2D eigenvalue weighted by atomic mass is 35.5. The van der Waals surface area contributed by atoms with Gasteiger partial charge in [-0.15, -0.1) is 11.3 Å². The number of rotatable bonds is 4. The fraction of sp³-hybridized carbons (Fsp3) is 0.333. The summed E-state index contributed by atoms with van der Waals surface area (Å²) >= 11 is 7.42. The fourth-order valence-corrected chi connectivity index (χ4v) is 5.44. The van der Waals surface area contributed by atoms with E-state index in [1.54, 1.807) is 0 Å². The van der Waals surface area contributed by atoms with E-state index in [0.717, 1.165) is 40.6 Å². The number of esters is 1. The molecule has 0 amide bonds. The van der Waals surface area contributed by atoms with Gasteiger partial charge in [-0.25, -0.2) is 4.79 Å². The highest BCUT2D eigenvalue weighted by molar-refractivity contribution is 7.21. The first kappa shape index (κ1) is 18.3. The minimum absolute atomic E-state index is 0.369. The van der Waals surface area contributed by atoms with Crippen molar-refractivity contribution in [2.45, 2.75) is 38.0 Å². The van der Waals surface area contributed by atoms with Gasteiger partial charge in [0.1, 0.15) is 4.88 Å². The fourth-order valence-electron chi connectivity index (χ4n) is 4.05. The van der Waals surface area contributed by atoms with Gasteiger partial charge >= 0.3 is 5.97 Å². The maximum absolute atomic E-state index is 12.1. The molecule has 27 heavy (non-hydrogen) atoms. The summed E-state index contributed by atoms with van der Waals surface area (Å²) in [5.74, 6) is -0.0452. The first-order valence-electron chi connectivity index (χ1n) is 9.11. The van der Waals surface area contributed by atoms with Crippen molar-refractivity contribution < 1.29 is 14.3 Å². The lowest BCUT2D eigenvalue weighted by Crippen LogP contribution is -2.05. The van der Waals surface area contributed by atoms with Gasteiger partial charge in [-0.3, -0.25) is 4.79 Å². The lowest BCUT2D eigenvalue weighted by molar-refractivity contribution is 0.0604. The van der Waals surface area contributed by atoms with Crippen LogP contribution in [0.15, 0.2) is 24.3 Å². The standard InChI is InChI=1S/C21H20ClNO3S/c1-26-21(25)19-15(11-24)18-20(27-19)16(12-5-3-2-4-6-12)17(23-18)13-7-9-14(22)10-8-13/h7-12,23H,2-6H2,1H3. The second kappa shape index (κ2) is 7.49. The topological polar surface area (TPSA) is 59.2 Å². The molecule has 0 radical (unpaired) electrons. The van der Waals surface area contributed by atoms with Gasteiger partial charge in [-0.1, -0.05) is 43.0 Å². The van der Waals surface area contributed by atoms with Gasteiger partial charge in [0.2, 0.25) is 0 Å². The first-order valence-corrected chi connectivity index (χ1v) is 10.3. The molecule has 0 saturated heterocycles. The molecular weight excluding hydrogens is 382 g/mol. The van der Waals surface area contributed by atoms with Crippen molar-refractivity contribution in [3.63, 3.8) is 0 Å². The molecular formula is C21H20ClNO3S. The van der Waals surface area contributed by atoms with E-state index in [1.807, 2.05) is 24.3 Å². The molecule has 1 saturated carbocycles. The Balaban J connectivity index is 1.96. The Morgan fingerprint density at radius 1 is 1.22 bits per heavy atom. The number of ether oxygens (including phenoxy) is 1. The molecule has 4 nitrogen and oxygen atoms in total. The van der Waals surface area contributed by atoms with Crippen LogP contribution in [0, 0.1) is 0 Å². The predicted molar refractivity (Wildman–Crippen MR) is 109 cm³/mol. The first-order chi connectivity index (χ1) is 13.1. The van der Waals surface area contributed by atoms with E-state index in [-0.39, 0.29) is 0 Å². The van der Waals surface area contributed by atoms with Crippen molar-refractivity contribution in [3.8, 4) is 11.3 Å². The van der Waals surface area contributed by atoms with Crippen LogP contribution in [0.4, 0.5) is 0 Å². The van der Waals surface area contributed by atoms with Crippen LogP contribution in [0.1, 0.15) is 63.6 Å². The number of benzene rings is 1. The number of carbonyl (C=O) groups is 2. The van der Waals surface area contributed by atoms with Crippen LogP contribution in [-0.2, 0) is 4.74 Å². The Morgan fingerprint density at radius 3 is 2.56 bits per heavy atom. The summed E-state index contributed by atoms with van der Waals surface area (Å²) in [6.45, 7) is 0. The molecule has 2 aromatic heterocycles. The lowest BCUT2D eigenvalue weighted by Gasteiger charge is -2.22. The zero-order valence-electron chi connectivity index (χ0n) is 15.0. The van der Waals surface area contributed by atoms with Gasteiger partial charge in [0.05, 0.1) is 28.6 Å². The number of hydrogen-bond acceptors (Lipinski definition) is 4. The third-order valence-corrected chi connectivity index (χ3v) is 6.81. The maximum atomic E-state index is 12.1. The molecule has 0 atom stereocenters. The predicted octanol–water partition coefficient (Wildman–Crippen LogP) is 6.20. The zero-order chi connectivity index (χ0) is 19.0. The third kappa shape index (κ3) is 3.19. The molecule has 1 aliphatic rings. The number of aromatic amines is 1. The molecule has 1 aliphatic carbocycles. The number of fused-ring (bicyclic) bond motifs is 1. The summed E-state index contributed by atoms with van der Waals surface area (Å²) in [4.78, 5) is 27.7. The van der Waals surface area contributed by atoms with Crippen LogP contribution in [0.2, 0.25) is 5.02 Å². The SMILES string of the molecule is COC(=O)c1sc2c(C3CCCCC3)c(-c3ccc(Cl)cc3)[nH]c2c1C=O. The quantitative estimate of drug-likeness (QED) is 0.418. The van der Waals surface area contributed by atoms with Crippen LogP contribution in [0.5, 0.6) is 0 Å². The third-order valence-electron chi connectivity index (χ3n) is 5.34. The number of aromatic nitrogens is 1. The summed E-state index contributed by atoms with van der Waals surface area (Å²) in [7, 11) is 1.34. The largest absolute Gasteiger partial charge is 0.465 e. The molecule has 0 unspecified atom stereocenters. The summed E-state index contributed by atoms with van der Waals surface area (Å²) in [6, 6.07) is 7.73. The summed E-state index contributed by atoms with van der Waals surface area (Å²) < 4.78 is 5.87. The van der Waals surface area contributed by atoms with Crippen molar-refractivity contribution in [3.05, 3.63) is 45.3 Å². The zero-order valence-corrected chi connectivity index (χ0v) is 16.6. The number of thiophene rings is 1. The Bertz CT molecular complexity index is 997. The van der Waals surface area contributed by atoms with E-state index < -0.39 is 5.97 Å². The molecule has 3 aromatic rings. The van der Waals surface area contributed by atoms with Crippen LogP contribution >= 0.6 is 22.9 Å². The van der Waals surface area contributed by atoms with Crippen LogP contribution in [0.3, 0.4) is 0 Å². The number of H-pyrrole nitrogens is 1. The van der Waals surface area contributed by atoms with Gasteiger partial charge in [-0.2, -0.15) is 0 Å². The highest BCUT2D eigenvalue weighted by Crippen LogP contribution is 2.46. The Hall–Kier alpha value is -2.11. The Morgan fingerprint density at radius 2 is 1.93 bits per heavy atom. The average Bonchev–Trinajstić information content (AvgIpc) is 3.24. The monoisotopic (exact) mass is 401 g/mol. The second-order valence-electron chi connectivity index (χ2n) is 6.91. The maximum Gasteiger partial charge on any atom is 0.348 e. The normalized spacial score (nSPS) is 15.2. The second-order valence-corrected chi connectivity index (χ2v) is 8.37. The van der Waals surface area contributed by atoms with Crippen LogP contribution < -0.4 is 0 Å². The van der Waals surface area contributed by atoms with Crippen LogP contribution in [0.25, 0.3) is 21.5 Å². The molecule has 0 bridgehead atoms. The molecule has 2 heterocycles. The summed E-state index contributed by atoms with van der Waals surface area (Å²) in [5, 5.41) is 0.688. The number of halogens is 1. The summed E-state index contributed by atoms with van der Waals surface area (Å²) in [6.07, 6.45) is 6.65. The molecule has 1 fully saturated rings. The van der Waals surface area contributed by atoms with Gasteiger partial charge < -0.3 is 9.72 Å². The lowest BCUT2D eigenvalue weighted by atomic mass is 9.83. The van der Waals surface area contributed by atoms with Crippen LogP contribution in [-0.4, -0.2) is 24.3 Å². The number of methoxy groups -OCH3 is 1. The number of carbonyl (C=O) groups excluding carboxylic acids is 2. The van der Waals surface area contributed by atoms with Crippen molar-refractivity contribution >= 4 is 45.4 Å². The molecule has 0 spiro atoms. The average molecular weight is 402 g/mol. The van der Waals surface area contributed by atoms with E-state index >= 15 is 0 Å².